The van der Waals surface area contributed by atoms with E-state index in [-0.39, 0.29) is 44.4 Å². The molecule has 0 saturated carbocycles. The fourth-order valence-corrected chi connectivity index (χ4v) is 8.67. The van der Waals surface area contributed by atoms with E-state index in [2.05, 4.69) is 26.6 Å². The number of amides is 7. The summed E-state index contributed by atoms with van der Waals surface area (Å²) in [6.07, 6.45) is 0.0427. The van der Waals surface area contributed by atoms with Crippen LogP contribution in [0.2, 0.25) is 0 Å². The summed E-state index contributed by atoms with van der Waals surface area (Å²) in [5, 5.41) is 34.3. The van der Waals surface area contributed by atoms with Crippen LogP contribution in [0.3, 0.4) is 0 Å². The summed E-state index contributed by atoms with van der Waals surface area (Å²) < 4.78 is 5.87. The first-order chi connectivity index (χ1) is 33.2. The Labute approximate surface area is 410 Å². The normalized spacial score (nSPS) is 24.6. The summed E-state index contributed by atoms with van der Waals surface area (Å²) in [5.41, 5.74) is 1.29. The molecule has 19 heteroatoms. The average Bonchev–Trinajstić information content (AvgIpc) is 3.30. The van der Waals surface area contributed by atoms with Crippen molar-refractivity contribution in [3.63, 3.8) is 0 Å². The minimum atomic E-state index is -1.80. The van der Waals surface area contributed by atoms with Gasteiger partial charge in [0.2, 0.25) is 41.4 Å². The maximum Gasteiger partial charge on any atom is 0.329 e. The number of hydrogen-bond acceptors (Lipinski definition) is 11. The van der Waals surface area contributed by atoms with Crippen LogP contribution in [0.1, 0.15) is 117 Å². The monoisotopic (exact) mass is 976 g/mol. The number of hydrogen-bond donors (Lipinski definition) is 7. The second kappa shape index (κ2) is 27.1. The Hall–Kier alpha value is -6.37. The van der Waals surface area contributed by atoms with Gasteiger partial charge in [-0.1, -0.05) is 121 Å². The Bertz CT molecular complexity index is 2120. The molecule has 2 fully saturated rings. The van der Waals surface area contributed by atoms with Gasteiger partial charge in [-0.15, -0.1) is 0 Å². The zero-order valence-electron chi connectivity index (χ0n) is 41.5. The van der Waals surface area contributed by atoms with Gasteiger partial charge in [-0.25, -0.2) is 4.79 Å². The first-order valence-corrected chi connectivity index (χ1v) is 24.5. The Morgan fingerprint density at radius 1 is 0.771 bits per heavy atom. The standard InChI is InChI=1S/C51H73N7O12/c1-8-9-10-11-18-23-40(59)52-37(29-42(61)62)46(64)56-44-32(6)70-51(69)43(31(4)5)55-47(65)38(27-33-19-14-12-15-20-33)57(7)50(68)39(28-34-21-16-13-17-22-34)58-41(60)25-24-35(49(58)67)53-45(63)36(26-30(2)3)54-48(44)66/h12-17,19-22,30-32,35-39,41,43-44,60H,8-11,18,23-29H2,1-7H3,(H,52,59)(H,53,63)(H,54,66)(H,55,65)(H,56,64)(H,61,62). The number of carbonyl (C=O) groups excluding carboxylic acids is 8. The minimum absolute atomic E-state index is 0.0137. The third-order valence-corrected chi connectivity index (χ3v) is 12.6. The largest absolute Gasteiger partial charge is 0.481 e. The lowest BCUT2D eigenvalue weighted by Crippen LogP contribution is -2.65. The number of unbranched alkanes of at least 4 members (excludes halogenated alkanes) is 4. The van der Waals surface area contributed by atoms with Crippen LogP contribution in [0.4, 0.5) is 0 Å². The van der Waals surface area contributed by atoms with Crippen molar-refractivity contribution < 1.29 is 58.1 Å². The quantitative estimate of drug-likeness (QED) is 0.0840. The van der Waals surface area contributed by atoms with Crippen molar-refractivity contribution in [3.8, 4) is 0 Å². The smallest absolute Gasteiger partial charge is 0.329 e. The zero-order valence-corrected chi connectivity index (χ0v) is 41.5. The number of carboxylic acid groups (broad SMARTS) is 1. The van der Waals surface area contributed by atoms with Crippen molar-refractivity contribution in [2.75, 3.05) is 7.05 Å². The van der Waals surface area contributed by atoms with E-state index in [1.165, 1.54) is 18.9 Å². The summed E-state index contributed by atoms with van der Waals surface area (Å²) in [5.74, 6) is -9.11. The van der Waals surface area contributed by atoms with E-state index in [4.69, 9.17) is 4.74 Å². The van der Waals surface area contributed by atoms with Gasteiger partial charge in [-0.05, 0) is 55.6 Å². The molecule has 9 unspecified atom stereocenters. The Balaban J connectivity index is 1.82. The van der Waals surface area contributed by atoms with Crippen molar-refractivity contribution in [1.82, 2.24) is 36.4 Å². The van der Waals surface area contributed by atoms with Crippen LogP contribution in [0.5, 0.6) is 0 Å². The molecule has 2 aliphatic rings. The molecule has 7 amide bonds. The molecule has 2 saturated heterocycles. The lowest BCUT2D eigenvalue weighted by Gasteiger charge is -2.43. The SMILES string of the molecule is CCCCCCCC(=O)NC(CC(=O)O)C(=O)NC1C(=O)NC(CC(C)C)C(=O)NC2CCC(O)N(C2=O)C(Cc2ccccc2)C(=O)N(C)C(Cc2ccccc2)C(=O)NC(C(C)C)C(=O)OC1C. The first-order valence-electron chi connectivity index (χ1n) is 24.5. The molecule has 0 radical (unpaired) electrons. The number of nitrogens with one attached hydrogen (secondary N) is 5. The number of aliphatic carboxylic acids is 1. The number of benzene rings is 2. The third kappa shape index (κ3) is 16.4. The summed E-state index contributed by atoms with van der Waals surface area (Å²) >= 11 is 0. The van der Waals surface area contributed by atoms with Gasteiger partial charge in [-0.2, -0.15) is 0 Å². The van der Waals surface area contributed by atoms with E-state index in [1.807, 2.05) is 6.92 Å². The molecular formula is C51H73N7O12. The number of rotatable bonds is 18. The molecule has 19 nitrogen and oxygen atoms in total. The molecule has 2 aromatic rings. The van der Waals surface area contributed by atoms with E-state index in [0.717, 1.165) is 30.6 Å². The Kier molecular flexibility index (Phi) is 21.8. The number of aliphatic hydroxyl groups is 1. The molecule has 384 valence electrons. The fourth-order valence-electron chi connectivity index (χ4n) is 8.67. The summed E-state index contributed by atoms with van der Waals surface area (Å²) in [6.45, 7) is 10.2. The number of ether oxygens (including phenoxy) is 1. The molecule has 7 N–H and O–H groups in total. The van der Waals surface area contributed by atoms with Gasteiger partial charge in [0.25, 0.3) is 0 Å². The van der Waals surface area contributed by atoms with Crippen molar-refractivity contribution in [3.05, 3.63) is 71.8 Å². The lowest BCUT2D eigenvalue weighted by molar-refractivity contribution is -0.165. The Morgan fingerprint density at radius 2 is 1.37 bits per heavy atom. The van der Waals surface area contributed by atoms with Crippen molar-refractivity contribution in [1.29, 1.82) is 0 Å². The van der Waals surface area contributed by atoms with Gasteiger partial charge in [0.15, 0.2) is 0 Å². The van der Waals surface area contributed by atoms with Gasteiger partial charge in [0.1, 0.15) is 54.6 Å². The Morgan fingerprint density at radius 3 is 1.94 bits per heavy atom. The highest BCUT2D eigenvalue weighted by atomic mass is 16.5. The van der Waals surface area contributed by atoms with Gasteiger partial charge >= 0.3 is 11.9 Å². The number of carboxylic acids is 1. The first kappa shape index (κ1) is 56.2. The molecule has 0 aromatic heterocycles. The zero-order chi connectivity index (χ0) is 51.7. The second-order valence-corrected chi connectivity index (χ2v) is 19.2. The molecular weight excluding hydrogens is 903 g/mol. The van der Waals surface area contributed by atoms with Crippen molar-refractivity contribution in [2.45, 2.75) is 173 Å². The fraction of sp³-hybridized carbons (Fsp3) is 0.588. The topological polar surface area (TPSA) is 270 Å². The highest BCUT2D eigenvalue weighted by Crippen LogP contribution is 2.25. The number of carbonyl (C=O) groups is 9. The number of cyclic esters (lactones) is 1. The number of piperidine rings is 1. The molecule has 2 aromatic carbocycles. The highest BCUT2D eigenvalue weighted by Gasteiger charge is 2.46. The summed E-state index contributed by atoms with van der Waals surface area (Å²) in [6, 6.07) is 7.42. The molecule has 2 heterocycles. The predicted molar refractivity (Wildman–Crippen MR) is 258 cm³/mol. The van der Waals surface area contributed by atoms with E-state index < -0.39 is 120 Å². The number of nitrogens with zero attached hydrogens (tertiary/aromatic N) is 2. The van der Waals surface area contributed by atoms with Crippen LogP contribution < -0.4 is 26.6 Å². The lowest BCUT2D eigenvalue weighted by atomic mass is 9.95. The van der Waals surface area contributed by atoms with E-state index in [0.29, 0.717) is 17.5 Å². The van der Waals surface area contributed by atoms with E-state index in [9.17, 15) is 48.6 Å². The van der Waals surface area contributed by atoms with Crippen molar-refractivity contribution >= 4 is 53.3 Å². The van der Waals surface area contributed by atoms with Gasteiger partial charge < -0.3 is 51.3 Å². The molecule has 2 aliphatic heterocycles. The summed E-state index contributed by atoms with van der Waals surface area (Å²) in [4.78, 5) is 129. The molecule has 4 rings (SSSR count). The average molecular weight is 976 g/mol. The van der Waals surface area contributed by atoms with Crippen LogP contribution in [0.15, 0.2) is 60.7 Å². The van der Waals surface area contributed by atoms with Gasteiger partial charge in [0.05, 0.1) is 6.42 Å². The number of likely N-dealkylation sites (N-methyl/N-ethyl adjacent to an activating group) is 1. The molecule has 2 bridgehead atoms. The molecule has 9 atom stereocenters. The maximum atomic E-state index is 15.0. The second-order valence-electron chi connectivity index (χ2n) is 19.2. The van der Waals surface area contributed by atoms with Crippen LogP contribution in [0.25, 0.3) is 0 Å². The number of aliphatic hydroxyl groups excluding tert-OH is 1. The summed E-state index contributed by atoms with van der Waals surface area (Å²) in [7, 11) is 1.40. The molecule has 0 aliphatic carbocycles. The van der Waals surface area contributed by atoms with Crippen LogP contribution in [0, 0.1) is 11.8 Å². The van der Waals surface area contributed by atoms with E-state index in [1.54, 1.807) is 88.4 Å². The number of fused-ring (bicyclic) bond motifs is 2. The maximum absolute atomic E-state index is 15.0. The van der Waals surface area contributed by atoms with E-state index >= 15 is 4.79 Å². The molecule has 0 spiro atoms. The minimum Gasteiger partial charge on any atom is -0.481 e. The van der Waals surface area contributed by atoms with Gasteiger partial charge in [0, 0.05) is 26.3 Å². The van der Waals surface area contributed by atoms with Crippen LogP contribution >= 0.6 is 0 Å². The van der Waals surface area contributed by atoms with Crippen molar-refractivity contribution in [2.24, 2.45) is 11.8 Å². The molecule has 70 heavy (non-hydrogen) atoms. The van der Waals surface area contributed by atoms with Gasteiger partial charge in [-0.3, -0.25) is 38.4 Å². The highest BCUT2D eigenvalue weighted by molar-refractivity contribution is 5.99. The van der Waals surface area contributed by atoms with Crippen LogP contribution in [-0.4, -0.2) is 135 Å². The predicted octanol–water partition coefficient (Wildman–Crippen LogP) is 2.51. The van der Waals surface area contributed by atoms with Crippen LogP contribution in [-0.2, 0) is 60.7 Å². The number of esters is 1. The third-order valence-electron chi connectivity index (χ3n) is 12.6.